The minimum Gasteiger partial charge on any atom is -0.381 e. The maximum Gasteiger partial charge on any atom is 0.169 e. The van der Waals surface area contributed by atoms with Crippen molar-refractivity contribution in [3.05, 3.63) is 35.9 Å². The molecule has 0 spiro atoms. The third-order valence-electron chi connectivity index (χ3n) is 3.11. The minimum absolute atomic E-state index is 0.113. The first kappa shape index (κ1) is 12.2. The lowest BCUT2D eigenvalue weighted by molar-refractivity contribution is -0.139. The zero-order chi connectivity index (χ0) is 13.5. The fraction of sp³-hybridized carbons (Fsp3) is 0.357. The monoisotopic (exact) mass is 260 g/mol. The molecule has 5 heteroatoms. The average Bonchev–Trinajstić information content (AvgIpc) is 2.95. The lowest BCUT2D eigenvalue weighted by atomic mass is 10.0. The number of nitrogens with zero attached hydrogens (tertiary/aromatic N) is 1. The van der Waals surface area contributed by atoms with Crippen LogP contribution in [0.4, 0.5) is 5.82 Å². The first-order valence-corrected chi connectivity index (χ1v) is 6.18. The van der Waals surface area contributed by atoms with E-state index in [1.807, 2.05) is 38.1 Å². The molecule has 1 aliphatic rings. The number of hydrogen-bond donors (Lipinski definition) is 1. The zero-order valence-corrected chi connectivity index (χ0v) is 10.9. The van der Waals surface area contributed by atoms with E-state index in [0.29, 0.717) is 18.2 Å². The summed E-state index contributed by atoms with van der Waals surface area (Å²) in [5.41, 5.74) is 7.55. The Labute approximate surface area is 111 Å². The average molecular weight is 260 g/mol. The standard InChI is InChI=1S/C14H16N2O3/c1-14(2)17-8-12(18-14)10-6-4-3-5-9(10)11-7-13(15)16-19-11/h3-7,12H,8H2,1-2H3,(H2,15,16). The van der Waals surface area contributed by atoms with Crippen LogP contribution >= 0.6 is 0 Å². The number of anilines is 1. The summed E-state index contributed by atoms with van der Waals surface area (Å²) in [6.07, 6.45) is -0.113. The molecule has 3 rings (SSSR count). The Balaban J connectivity index is 1.99. The second-order valence-corrected chi connectivity index (χ2v) is 5.02. The Bertz CT molecular complexity index is 592. The number of aromatic nitrogens is 1. The van der Waals surface area contributed by atoms with Gasteiger partial charge in [0, 0.05) is 11.6 Å². The lowest BCUT2D eigenvalue weighted by Crippen LogP contribution is -2.19. The molecular weight excluding hydrogens is 244 g/mol. The summed E-state index contributed by atoms with van der Waals surface area (Å²) in [6.45, 7) is 4.33. The molecule has 0 amide bonds. The van der Waals surface area contributed by atoms with Crippen LogP contribution in [-0.2, 0) is 9.47 Å². The molecule has 0 saturated carbocycles. The van der Waals surface area contributed by atoms with E-state index in [0.717, 1.165) is 11.1 Å². The molecule has 2 N–H and O–H groups in total. The van der Waals surface area contributed by atoms with Crippen LogP contribution in [0.2, 0.25) is 0 Å². The second-order valence-electron chi connectivity index (χ2n) is 5.02. The number of nitrogen functional groups attached to an aromatic ring is 1. The van der Waals surface area contributed by atoms with Crippen LogP contribution in [0.15, 0.2) is 34.9 Å². The zero-order valence-electron chi connectivity index (χ0n) is 10.9. The Morgan fingerprint density at radius 1 is 1.32 bits per heavy atom. The molecule has 0 bridgehead atoms. The summed E-state index contributed by atoms with van der Waals surface area (Å²) < 4.78 is 16.7. The normalized spacial score (nSPS) is 21.7. The van der Waals surface area contributed by atoms with Crippen molar-refractivity contribution in [3.8, 4) is 11.3 Å². The van der Waals surface area contributed by atoms with Crippen molar-refractivity contribution in [2.45, 2.75) is 25.7 Å². The molecule has 1 aromatic heterocycles. The van der Waals surface area contributed by atoms with Crippen molar-refractivity contribution in [1.82, 2.24) is 5.16 Å². The van der Waals surface area contributed by atoms with Gasteiger partial charge < -0.3 is 19.7 Å². The van der Waals surface area contributed by atoms with Gasteiger partial charge in [0.25, 0.3) is 0 Å². The molecule has 1 saturated heterocycles. The molecular formula is C14H16N2O3. The number of benzene rings is 1. The predicted octanol–water partition coefficient (Wildman–Crippen LogP) is 2.75. The minimum atomic E-state index is -0.557. The van der Waals surface area contributed by atoms with Gasteiger partial charge >= 0.3 is 0 Å². The molecule has 1 fully saturated rings. The molecule has 1 aromatic carbocycles. The molecule has 0 radical (unpaired) electrons. The summed E-state index contributed by atoms with van der Waals surface area (Å²) in [6, 6.07) is 9.58. The Morgan fingerprint density at radius 2 is 2.11 bits per heavy atom. The summed E-state index contributed by atoms with van der Waals surface area (Å²) in [5.74, 6) is 0.452. The Hall–Kier alpha value is -1.85. The first-order valence-electron chi connectivity index (χ1n) is 6.18. The number of rotatable bonds is 2. The fourth-order valence-corrected chi connectivity index (χ4v) is 2.26. The van der Waals surface area contributed by atoms with Crippen LogP contribution in [0, 0.1) is 0 Å². The van der Waals surface area contributed by atoms with Gasteiger partial charge in [0.15, 0.2) is 17.4 Å². The molecule has 1 atom stereocenters. The molecule has 1 aliphatic heterocycles. The summed E-state index contributed by atoms with van der Waals surface area (Å²) in [4.78, 5) is 0. The van der Waals surface area contributed by atoms with E-state index in [1.54, 1.807) is 6.07 Å². The Kier molecular flexibility index (Phi) is 2.80. The van der Waals surface area contributed by atoms with Gasteiger partial charge in [-0.05, 0) is 19.4 Å². The van der Waals surface area contributed by atoms with Crippen molar-refractivity contribution >= 4 is 5.82 Å². The van der Waals surface area contributed by atoms with Crippen LogP contribution in [0.25, 0.3) is 11.3 Å². The van der Waals surface area contributed by atoms with E-state index >= 15 is 0 Å². The van der Waals surface area contributed by atoms with E-state index < -0.39 is 5.79 Å². The molecule has 2 heterocycles. The second kappa shape index (κ2) is 4.36. The van der Waals surface area contributed by atoms with Crippen molar-refractivity contribution in [1.29, 1.82) is 0 Å². The summed E-state index contributed by atoms with van der Waals surface area (Å²) >= 11 is 0. The van der Waals surface area contributed by atoms with Gasteiger partial charge in [-0.25, -0.2) is 0 Å². The van der Waals surface area contributed by atoms with Crippen molar-refractivity contribution < 1.29 is 14.0 Å². The number of nitrogens with two attached hydrogens (primary N) is 1. The van der Waals surface area contributed by atoms with Gasteiger partial charge in [-0.15, -0.1) is 0 Å². The molecule has 0 aliphatic carbocycles. The smallest absolute Gasteiger partial charge is 0.169 e. The number of ether oxygens (including phenoxy) is 2. The Morgan fingerprint density at radius 3 is 2.74 bits per heavy atom. The van der Waals surface area contributed by atoms with Crippen LogP contribution in [-0.4, -0.2) is 17.6 Å². The topological polar surface area (TPSA) is 70.5 Å². The highest BCUT2D eigenvalue weighted by Gasteiger charge is 2.34. The first-order chi connectivity index (χ1) is 9.05. The predicted molar refractivity (Wildman–Crippen MR) is 70.2 cm³/mol. The molecule has 2 aromatic rings. The van der Waals surface area contributed by atoms with Crippen LogP contribution in [0.3, 0.4) is 0 Å². The lowest BCUT2D eigenvalue weighted by Gasteiger charge is -2.18. The molecule has 19 heavy (non-hydrogen) atoms. The highest BCUT2D eigenvalue weighted by atomic mass is 16.7. The highest BCUT2D eigenvalue weighted by Crippen LogP contribution is 2.37. The highest BCUT2D eigenvalue weighted by molar-refractivity contribution is 5.64. The van der Waals surface area contributed by atoms with Gasteiger partial charge in [-0.3, -0.25) is 0 Å². The quantitative estimate of drug-likeness (QED) is 0.899. The van der Waals surface area contributed by atoms with Crippen molar-refractivity contribution in [3.63, 3.8) is 0 Å². The SMILES string of the molecule is CC1(C)OCC(c2ccccc2-c2cc(N)no2)O1. The molecule has 5 nitrogen and oxygen atoms in total. The largest absolute Gasteiger partial charge is 0.381 e. The van der Waals surface area contributed by atoms with Crippen LogP contribution < -0.4 is 5.73 Å². The maximum absolute atomic E-state index is 5.89. The van der Waals surface area contributed by atoms with Crippen LogP contribution in [0.5, 0.6) is 0 Å². The van der Waals surface area contributed by atoms with Gasteiger partial charge in [-0.1, -0.05) is 29.4 Å². The van der Waals surface area contributed by atoms with E-state index in [9.17, 15) is 0 Å². The van der Waals surface area contributed by atoms with E-state index in [1.165, 1.54) is 0 Å². The molecule has 100 valence electrons. The fourth-order valence-electron chi connectivity index (χ4n) is 2.26. The van der Waals surface area contributed by atoms with E-state index in [2.05, 4.69) is 5.16 Å². The van der Waals surface area contributed by atoms with Crippen LogP contribution in [0.1, 0.15) is 25.5 Å². The van der Waals surface area contributed by atoms with Gasteiger partial charge in [-0.2, -0.15) is 0 Å². The van der Waals surface area contributed by atoms with Crippen molar-refractivity contribution in [2.24, 2.45) is 0 Å². The van der Waals surface area contributed by atoms with E-state index in [-0.39, 0.29) is 6.10 Å². The third kappa shape index (κ3) is 2.34. The number of hydrogen-bond acceptors (Lipinski definition) is 5. The van der Waals surface area contributed by atoms with Gasteiger partial charge in [0.1, 0.15) is 6.10 Å². The van der Waals surface area contributed by atoms with Gasteiger partial charge in [0.2, 0.25) is 0 Å². The van der Waals surface area contributed by atoms with Crippen molar-refractivity contribution in [2.75, 3.05) is 12.3 Å². The molecule has 1 unspecified atom stereocenters. The summed E-state index contributed by atoms with van der Waals surface area (Å²) in [7, 11) is 0. The van der Waals surface area contributed by atoms with Gasteiger partial charge in [0.05, 0.1) is 6.61 Å². The van der Waals surface area contributed by atoms with E-state index in [4.69, 9.17) is 19.7 Å². The third-order valence-corrected chi connectivity index (χ3v) is 3.11. The maximum atomic E-state index is 5.89. The summed E-state index contributed by atoms with van der Waals surface area (Å²) in [5, 5.41) is 3.72.